The number of hydrogen-bond donors (Lipinski definition) is 1. The molecule has 0 spiro atoms. The van der Waals surface area contributed by atoms with Crippen LogP contribution >= 0.6 is 15.9 Å². The summed E-state index contributed by atoms with van der Waals surface area (Å²) in [4.78, 5) is 17.3. The number of carbonyl (C=O) groups is 1. The summed E-state index contributed by atoms with van der Waals surface area (Å²) in [6, 6.07) is 5.95. The first-order chi connectivity index (χ1) is 14.4. The van der Waals surface area contributed by atoms with Crippen molar-refractivity contribution in [2.45, 2.75) is 26.2 Å². The van der Waals surface area contributed by atoms with Crippen LogP contribution in [0.15, 0.2) is 22.7 Å². The first-order valence-corrected chi connectivity index (χ1v) is 11.1. The number of ether oxygens (including phenoxy) is 2. The van der Waals surface area contributed by atoms with Crippen LogP contribution in [0.3, 0.4) is 0 Å². The summed E-state index contributed by atoms with van der Waals surface area (Å²) in [7, 11) is 2.78. The summed E-state index contributed by atoms with van der Waals surface area (Å²) in [6.07, 6.45) is 1.67. The lowest BCUT2D eigenvalue weighted by Crippen LogP contribution is -2.41. The molecule has 7 nitrogen and oxygen atoms in total. The van der Waals surface area contributed by atoms with Gasteiger partial charge in [-0.2, -0.15) is 0 Å². The van der Waals surface area contributed by atoms with Crippen molar-refractivity contribution in [2.75, 3.05) is 40.4 Å². The molecule has 2 aliphatic rings. The van der Waals surface area contributed by atoms with E-state index >= 15 is 0 Å². The molecule has 3 heterocycles. The van der Waals surface area contributed by atoms with E-state index in [1.807, 2.05) is 27.9 Å². The minimum Gasteiger partial charge on any atom is -0.493 e. The second-order valence-electron chi connectivity index (χ2n) is 7.81. The summed E-state index contributed by atoms with van der Waals surface area (Å²) < 4.78 is 14.0. The number of methoxy groups -OCH3 is 2. The normalized spacial score (nSPS) is 16.5. The number of rotatable bonds is 4. The molecule has 0 radical (unpaired) electrons. The van der Waals surface area contributed by atoms with E-state index in [0.29, 0.717) is 31.1 Å². The number of nitrogens with zero attached hydrogens (tertiary/aromatic N) is 3. The van der Waals surface area contributed by atoms with Crippen molar-refractivity contribution < 1.29 is 19.3 Å². The van der Waals surface area contributed by atoms with Gasteiger partial charge >= 0.3 is 7.05 Å². The largest absolute Gasteiger partial charge is 0.493 e. The first kappa shape index (κ1) is 21.3. The predicted octanol–water partition coefficient (Wildman–Crippen LogP) is 2.75. The van der Waals surface area contributed by atoms with E-state index in [1.165, 1.54) is 5.56 Å². The molecule has 1 aromatic carbocycles. The fourth-order valence-electron chi connectivity index (χ4n) is 4.46. The molecule has 9 heteroatoms. The van der Waals surface area contributed by atoms with Gasteiger partial charge in [-0.3, -0.25) is 4.79 Å². The lowest BCUT2D eigenvalue weighted by atomic mass is 9.85. The average Bonchev–Trinajstić information content (AvgIpc) is 2.92. The Morgan fingerprint density at radius 2 is 1.80 bits per heavy atom. The lowest BCUT2D eigenvalue weighted by Gasteiger charge is -2.26. The molecular formula is C21H27BBrN3O4. The van der Waals surface area contributed by atoms with Gasteiger partial charge in [-0.1, -0.05) is 0 Å². The molecule has 1 saturated heterocycles. The van der Waals surface area contributed by atoms with Gasteiger partial charge in [-0.05, 0) is 65.9 Å². The van der Waals surface area contributed by atoms with Crippen molar-refractivity contribution in [1.82, 2.24) is 14.3 Å². The molecule has 0 unspecified atom stereocenters. The third kappa shape index (κ3) is 3.74. The maximum Gasteiger partial charge on any atom is 0.376 e. The van der Waals surface area contributed by atoms with Crippen molar-refractivity contribution in [3.8, 4) is 22.8 Å². The van der Waals surface area contributed by atoms with Crippen LogP contribution in [-0.2, 0) is 13.0 Å². The molecule has 1 fully saturated rings. The number of halogens is 1. The molecule has 1 aromatic heterocycles. The Labute approximate surface area is 185 Å². The van der Waals surface area contributed by atoms with Crippen molar-refractivity contribution >= 4 is 28.9 Å². The van der Waals surface area contributed by atoms with Crippen molar-refractivity contribution in [3.63, 3.8) is 0 Å². The highest BCUT2D eigenvalue weighted by molar-refractivity contribution is 9.10. The SMILES string of the molecule is COc1cc2c(cc1OC)-c1c(Br)cc(C(=O)N3CCCN(B(C)O)CC3)n1CC2. The Balaban J connectivity index is 1.67. The molecule has 0 aliphatic carbocycles. The van der Waals surface area contributed by atoms with Crippen LogP contribution in [0.4, 0.5) is 0 Å². The zero-order chi connectivity index (χ0) is 21.4. The summed E-state index contributed by atoms with van der Waals surface area (Å²) in [5.74, 6) is 1.44. The monoisotopic (exact) mass is 475 g/mol. The summed E-state index contributed by atoms with van der Waals surface area (Å²) in [5, 5.41) is 9.87. The Morgan fingerprint density at radius 3 is 2.50 bits per heavy atom. The molecule has 2 aliphatic heterocycles. The molecule has 160 valence electrons. The van der Waals surface area contributed by atoms with E-state index < -0.39 is 7.05 Å². The van der Waals surface area contributed by atoms with Gasteiger partial charge in [-0.25, -0.2) is 0 Å². The Hall–Kier alpha value is -1.97. The van der Waals surface area contributed by atoms with Gasteiger partial charge in [0.05, 0.1) is 19.9 Å². The van der Waals surface area contributed by atoms with E-state index in [9.17, 15) is 9.82 Å². The van der Waals surface area contributed by atoms with E-state index in [2.05, 4.69) is 20.5 Å². The Kier molecular flexibility index (Phi) is 6.13. The topological polar surface area (TPSA) is 67.2 Å². The zero-order valence-electron chi connectivity index (χ0n) is 17.7. The average molecular weight is 476 g/mol. The fraction of sp³-hybridized carbons (Fsp3) is 0.476. The number of fused-ring (bicyclic) bond motifs is 3. The summed E-state index contributed by atoms with van der Waals surface area (Å²) >= 11 is 3.69. The molecule has 0 atom stereocenters. The van der Waals surface area contributed by atoms with Crippen molar-refractivity contribution in [1.29, 1.82) is 0 Å². The van der Waals surface area contributed by atoms with Gasteiger partial charge in [0, 0.05) is 36.2 Å². The van der Waals surface area contributed by atoms with Crippen LogP contribution in [0.2, 0.25) is 6.82 Å². The quantitative estimate of drug-likeness (QED) is 0.688. The molecule has 1 N–H and O–H groups in total. The summed E-state index contributed by atoms with van der Waals surface area (Å²) in [5.41, 5.74) is 3.94. The standard InChI is InChI=1S/C21H27BBrN3O4/c1-22(28)25-7-4-6-24(9-10-25)21(27)17-13-16(23)20-15-12-19(30-3)18(29-2)11-14(15)5-8-26(17)20/h11-13,28H,4-10H2,1-3H3. The van der Waals surface area contributed by atoms with Crippen LogP contribution < -0.4 is 9.47 Å². The highest BCUT2D eigenvalue weighted by Crippen LogP contribution is 2.42. The summed E-state index contributed by atoms with van der Waals surface area (Å²) in [6.45, 7) is 5.30. The van der Waals surface area contributed by atoms with Gasteiger partial charge in [0.25, 0.3) is 5.91 Å². The molecule has 0 bridgehead atoms. The molecule has 2 aromatic rings. The van der Waals surface area contributed by atoms with Crippen LogP contribution in [0.25, 0.3) is 11.3 Å². The minimum absolute atomic E-state index is 0.0401. The van der Waals surface area contributed by atoms with Crippen molar-refractivity contribution in [2.24, 2.45) is 0 Å². The fourth-order valence-corrected chi connectivity index (χ4v) is 5.10. The highest BCUT2D eigenvalue weighted by atomic mass is 79.9. The third-order valence-electron chi connectivity index (χ3n) is 6.08. The zero-order valence-corrected chi connectivity index (χ0v) is 19.2. The Morgan fingerprint density at radius 1 is 1.07 bits per heavy atom. The highest BCUT2D eigenvalue weighted by Gasteiger charge is 2.30. The third-order valence-corrected chi connectivity index (χ3v) is 6.69. The maximum atomic E-state index is 13.4. The van der Waals surface area contributed by atoms with E-state index in [1.54, 1.807) is 21.0 Å². The number of amides is 1. The van der Waals surface area contributed by atoms with Crippen LogP contribution in [0, 0.1) is 0 Å². The number of carbonyl (C=O) groups excluding carboxylic acids is 1. The Bertz CT molecular complexity index is 962. The second-order valence-corrected chi connectivity index (χ2v) is 8.66. The first-order valence-electron chi connectivity index (χ1n) is 10.3. The molecular weight excluding hydrogens is 449 g/mol. The maximum absolute atomic E-state index is 13.4. The minimum atomic E-state index is -0.487. The lowest BCUT2D eigenvalue weighted by molar-refractivity contribution is 0.0753. The van der Waals surface area contributed by atoms with Gasteiger partial charge in [-0.15, -0.1) is 0 Å². The van der Waals surface area contributed by atoms with Gasteiger partial charge < -0.3 is 28.8 Å². The smallest absolute Gasteiger partial charge is 0.376 e. The number of aryl methyl sites for hydroxylation is 1. The van der Waals surface area contributed by atoms with Gasteiger partial charge in [0.15, 0.2) is 11.5 Å². The van der Waals surface area contributed by atoms with Crippen molar-refractivity contribution in [3.05, 3.63) is 33.9 Å². The number of aromatic nitrogens is 1. The molecule has 0 saturated carbocycles. The number of hydrogen-bond acceptors (Lipinski definition) is 5. The van der Waals surface area contributed by atoms with E-state index in [4.69, 9.17) is 9.47 Å². The molecule has 1 amide bonds. The van der Waals surface area contributed by atoms with Gasteiger partial charge in [0.2, 0.25) is 0 Å². The second kappa shape index (κ2) is 8.65. The predicted molar refractivity (Wildman–Crippen MR) is 120 cm³/mol. The molecule has 4 rings (SSSR count). The van der Waals surface area contributed by atoms with Crippen LogP contribution in [-0.4, -0.2) is 72.7 Å². The number of benzene rings is 1. The van der Waals surface area contributed by atoms with E-state index in [-0.39, 0.29) is 5.91 Å². The van der Waals surface area contributed by atoms with Crippen LogP contribution in [0.5, 0.6) is 11.5 Å². The van der Waals surface area contributed by atoms with Crippen LogP contribution in [0.1, 0.15) is 22.5 Å². The molecule has 30 heavy (non-hydrogen) atoms. The van der Waals surface area contributed by atoms with E-state index in [0.717, 1.165) is 47.4 Å². The van der Waals surface area contributed by atoms with Gasteiger partial charge in [0.1, 0.15) is 5.69 Å².